The number of ether oxygens (including phenoxy) is 3. The summed E-state index contributed by atoms with van der Waals surface area (Å²) < 4.78 is 126. The molecule has 80 heavy (non-hydrogen) atoms. The number of hydrogen-bond acceptors (Lipinski definition) is 14. The number of benzene rings is 3. The van der Waals surface area contributed by atoms with E-state index >= 15 is 13.2 Å². The number of carbonyl (C=O) groups excluding carboxylic acids is 3. The number of rotatable bonds is 10. The van der Waals surface area contributed by atoms with Crippen LogP contribution in [0.4, 0.5) is 52.7 Å². The number of aromatic nitrogens is 4. The molecular formula is C55H51ClF7N9O8. The number of cyclic esters (lactones) is 1. The van der Waals surface area contributed by atoms with E-state index in [0.29, 0.717) is 35.3 Å². The molecule has 4 N–H and O–H groups in total. The Morgan fingerprint density at radius 3 is 2.52 bits per heavy atom. The van der Waals surface area contributed by atoms with Crippen LogP contribution in [-0.4, -0.2) is 116 Å². The number of piperazine rings is 1. The average Bonchev–Trinajstić information content (AvgIpc) is 4.24. The van der Waals surface area contributed by atoms with Crippen LogP contribution in [0.15, 0.2) is 53.3 Å². The number of nitrogen functional groups attached to an aromatic ring is 1. The van der Waals surface area contributed by atoms with Gasteiger partial charge in [-0.05, 0) is 82.5 Å². The Kier molecular flexibility index (Phi) is 13.3. The van der Waals surface area contributed by atoms with Gasteiger partial charge in [0, 0.05) is 77.7 Å². The molecule has 0 radical (unpaired) electrons. The van der Waals surface area contributed by atoms with Crippen molar-refractivity contribution >= 4 is 68.6 Å². The first-order chi connectivity index (χ1) is 37.8. The van der Waals surface area contributed by atoms with Gasteiger partial charge in [0.15, 0.2) is 17.2 Å². The topological polar surface area (TPSA) is 208 Å². The van der Waals surface area contributed by atoms with Crippen molar-refractivity contribution in [3.63, 3.8) is 0 Å². The maximum absolute atomic E-state index is 17.2. The van der Waals surface area contributed by atoms with Gasteiger partial charge in [-0.1, -0.05) is 25.1 Å². The fraction of sp³-hybridized carbons (Fsp3) is 0.400. The number of hydrogen-bond donors (Lipinski definition) is 3. The van der Waals surface area contributed by atoms with Crippen molar-refractivity contribution in [1.29, 1.82) is 0 Å². The van der Waals surface area contributed by atoms with Gasteiger partial charge in [-0.3, -0.25) is 19.8 Å². The number of alkyl halides is 4. The van der Waals surface area contributed by atoms with Crippen molar-refractivity contribution in [2.24, 2.45) is 0 Å². The molecule has 25 heteroatoms. The normalized spacial score (nSPS) is 22.0. The average molecular weight is 1130 g/mol. The lowest BCUT2D eigenvalue weighted by Gasteiger charge is -2.41. The summed E-state index contributed by atoms with van der Waals surface area (Å²) in [6.45, 7) is 10.1. The lowest BCUT2D eigenvalue weighted by Crippen LogP contribution is -2.54. The third-order valence-corrected chi connectivity index (χ3v) is 16.5. The molecule has 5 aliphatic rings. The van der Waals surface area contributed by atoms with Crippen molar-refractivity contribution in [3.05, 3.63) is 109 Å². The van der Waals surface area contributed by atoms with Gasteiger partial charge in [-0.25, -0.2) is 32.1 Å². The Hall–Kier alpha value is -7.57. The summed E-state index contributed by atoms with van der Waals surface area (Å²) in [5, 5.41) is 13.2. The van der Waals surface area contributed by atoms with Gasteiger partial charge in [0.25, 0.3) is 11.5 Å². The standard InChI is InChI=1S/C55H51ClF7N9O8/c1-6-54(77)33-16-39-45-29(20-72(39)49(74)32(33)22-78-50(54)75)13-28-14-38(35(58)17-37(28)65-45)66-52(76)80-27(5)26(4)48(73)69-10-11-71(25(3)19-69)47-31-15-34(56)40(41-42(55(61,62)63)24(2)12-36(64)43(41)59)44(60)46(31)67-51(68-47)79-23-53-8-7-9-70(53)21-30(57)18-53/h12-17,25,27,30,77H,4,6-11,18-23,64H2,1-3,5H3,(H,66,76)/t25-,27+,30+,53-,54-/m0/s1. The van der Waals surface area contributed by atoms with Crippen LogP contribution in [0.2, 0.25) is 5.02 Å². The van der Waals surface area contributed by atoms with Gasteiger partial charge in [0.2, 0.25) is 0 Å². The molecule has 11 rings (SSSR count). The Morgan fingerprint density at radius 2 is 1.80 bits per heavy atom. The van der Waals surface area contributed by atoms with Crippen LogP contribution >= 0.6 is 11.6 Å². The molecule has 0 unspecified atom stereocenters. The number of esters is 1. The van der Waals surface area contributed by atoms with Crippen LogP contribution in [0.25, 0.3) is 44.3 Å². The second-order valence-electron chi connectivity index (χ2n) is 21.1. The van der Waals surface area contributed by atoms with Crippen molar-refractivity contribution in [1.82, 2.24) is 29.3 Å². The monoisotopic (exact) mass is 1130 g/mol. The Bertz CT molecular complexity index is 3750. The van der Waals surface area contributed by atoms with Crippen molar-refractivity contribution < 1.29 is 64.4 Å². The van der Waals surface area contributed by atoms with Crippen LogP contribution in [0.3, 0.4) is 0 Å². The number of pyridine rings is 2. The summed E-state index contributed by atoms with van der Waals surface area (Å²) in [4.78, 5) is 72.2. The number of halogens is 8. The molecule has 0 aliphatic carbocycles. The summed E-state index contributed by atoms with van der Waals surface area (Å²) in [5.41, 5.74) is -1.60. The Labute approximate surface area is 456 Å². The molecule has 0 spiro atoms. The molecule has 17 nitrogen and oxygen atoms in total. The van der Waals surface area contributed by atoms with Crippen molar-refractivity contribution in [2.45, 2.75) is 102 Å². The summed E-state index contributed by atoms with van der Waals surface area (Å²) in [6.07, 6.45) is -7.22. The minimum absolute atomic E-state index is 0.00730. The highest BCUT2D eigenvalue weighted by Crippen LogP contribution is 2.48. The van der Waals surface area contributed by atoms with Crippen LogP contribution in [0.1, 0.15) is 74.3 Å². The lowest BCUT2D eigenvalue weighted by atomic mass is 9.86. The molecule has 3 saturated heterocycles. The van der Waals surface area contributed by atoms with E-state index in [9.17, 15) is 41.8 Å². The maximum atomic E-state index is 17.2. The zero-order valence-electron chi connectivity index (χ0n) is 43.4. The van der Waals surface area contributed by atoms with Gasteiger partial charge < -0.3 is 39.4 Å². The fourth-order valence-corrected chi connectivity index (χ4v) is 12.3. The zero-order valence-corrected chi connectivity index (χ0v) is 44.2. The van der Waals surface area contributed by atoms with Crippen molar-refractivity contribution in [3.8, 4) is 28.5 Å². The minimum Gasteiger partial charge on any atom is -0.461 e. The maximum Gasteiger partial charge on any atom is 0.417 e. The first kappa shape index (κ1) is 54.4. The number of nitrogens with one attached hydrogen (secondary N) is 1. The summed E-state index contributed by atoms with van der Waals surface area (Å²) >= 11 is 6.65. The van der Waals surface area contributed by atoms with E-state index in [0.717, 1.165) is 31.5 Å². The molecule has 0 saturated carbocycles. The molecule has 8 heterocycles. The highest BCUT2D eigenvalue weighted by molar-refractivity contribution is 6.34. The SMILES string of the molecule is C=C(C(=O)N1CCN(c2nc(OC[C@@]34CCCN3C[C@H](F)C4)nc3c(F)c(-c4c(F)c(N)cc(C)c4C(F)(F)F)c(Cl)cc23)[C@@H](C)C1)[C@@H](C)OC(=O)Nc1cc2cc3c(nc2cc1F)-c1cc2c(c(=O)n1C3)COC(=O)[C@]2(O)CC. The number of aliphatic hydroxyl groups is 1. The third-order valence-electron chi connectivity index (χ3n) is 16.2. The van der Waals surface area contributed by atoms with E-state index in [4.69, 9.17) is 31.5 Å². The lowest BCUT2D eigenvalue weighted by molar-refractivity contribution is -0.172. The molecule has 2 amide bonds. The number of nitrogens with two attached hydrogens (primary N) is 1. The van der Waals surface area contributed by atoms with E-state index < -0.39 is 121 Å². The van der Waals surface area contributed by atoms with E-state index in [1.807, 2.05) is 4.90 Å². The quantitative estimate of drug-likeness (QED) is 0.0506. The predicted molar refractivity (Wildman–Crippen MR) is 279 cm³/mol. The number of amides is 2. The van der Waals surface area contributed by atoms with Crippen LogP contribution in [-0.2, 0) is 44.0 Å². The highest BCUT2D eigenvalue weighted by Gasteiger charge is 2.50. The van der Waals surface area contributed by atoms with Gasteiger partial charge >= 0.3 is 24.2 Å². The third kappa shape index (κ3) is 8.89. The smallest absolute Gasteiger partial charge is 0.417 e. The zero-order chi connectivity index (χ0) is 57.2. The van der Waals surface area contributed by atoms with E-state index in [1.165, 1.54) is 28.5 Å². The van der Waals surface area contributed by atoms with Gasteiger partial charge in [0.05, 0.1) is 62.1 Å². The van der Waals surface area contributed by atoms with E-state index in [-0.39, 0.29) is 97.9 Å². The van der Waals surface area contributed by atoms with E-state index in [2.05, 4.69) is 26.8 Å². The number of nitrogens with zero attached hydrogens (tertiary/aromatic N) is 7. The molecule has 3 aromatic heterocycles. The molecule has 5 atom stereocenters. The molecule has 420 valence electrons. The summed E-state index contributed by atoms with van der Waals surface area (Å²) in [6, 6.07) is 6.48. The fourth-order valence-electron chi connectivity index (χ4n) is 12.0. The number of anilines is 3. The van der Waals surface area contributed by atoms with Gasteiger partial charge in [-0.2, -0.15) is 23.1 Å². The van der Waals surface area contributed by atoms with Crippen LogP contribution in [0.5, 0.6) is 6.01 Å². The van der Waals surface area contributed by atoms with E-state index in [1.54, 1.807) is 24.8 Å². The molecule has 0 bridgehead atoms. The van der Waals surface area contributed by atoms with Gasteiger partial charge in [0.1, 0.15) is 42.6 Å². The second kappa shape index (κ2) is 19.6. The first-order valence-electron chi connectivity index (χ1n) is 25.7. The second-order valence-corrected chi connectivity index (χ2v) is 21.5. The number of carbonyl (C=O) groups is 3. The first-order valence-corrected chi connectivity index (χ1v) is 26.1. The largest absolute Gasteiger partial charge is 0.461 e. The Morgan fingerprint density at radius 1 is 1.04 bits per heavy atom. The minimum atomic E-state index is -5.17. The Balaban J connectivity index is 0.814. The summed E-state index contributed by atoms with van der Waals surface area (Å²) in [5.74, 6) is -5.35. The summed E-state index contributed by atoms with van der Waals surface area (Å²) in [7, 11) is 0. The van der Waals surface area contributed by atoms with Crippen LogP contribution in [0, 0.1) is 24.4 Å². The van der Waals surface area contributed by atoms with Crippen LogP contribution < -0.4 is 26.2 Å². The predicted octanol–water partition coefficient (Wildman–Crippen LogP) is 8.86. The molecule has 5 aliphatic heterocycles. The number of aryl methyl sites for hydroxylation is 1. The molecule has 6 aromatic rings. The molecular weight excluding hydrogens is 1080 g/mol. The highest BCUT2D eigenvalue weighted by atomic mass is 35.5. The molecule has 3 aromatic carbocycles. The molecule has 3 fully saturated rings. The number of fused-ring (bicyclic) bond motifs is 7. The van der Waals surface area contributed by atoms with Crippen molar-refractivity contribution in [2.75, 3.05) is 55.3 Å². The van der Waals surface area contributed by atoms with Gasteiger partial charge in [-0.15, -0.1) is 0 Å².